The van der Waals surface area contributed by atoms with E-state index in [9.17, 15) is 9.32 Å². The van der Waals surface area contributed by atoms with Gasteiger partial charge in [-0.3, -0.25) is 4.21 Å². The van der Waals surface area contributed by atoms with Gasteiger partial charge >= 0.3 is 0 Å². The number of aliphatic hydroxyl groups excluding tert-OH is 1. The first kappa shape index (κ1) is 14.4. The molecule has 0 aromatic rings. The zero-order valence-corrected chi connectivity index (χ0v) is 11.4. The van der Waals surface area contributed by atoms with Crippen molar-refractivity contribution in [3.05, 3.63) is 23.0 Å². The molecule has 0 aromatic heterocycles. The number of hydrogen-bond acceptors (Lipinski definition) is 4. The second-order valence-corrected chi connectivity index (χ2v) is 5.36. The molecular formula is C12H21NO3S. The number of rotatable bonds is 5. The van der Waals surface area contributed by atoms with E-state index in [1.165, 1.54) is 0 Å². The molecule has 0 aliphatic carbocycles. The van der Waals surface area contributed by atoms with Crippen molar-refractivity contribution in [2.45, 2.75) is 26.4 Å². The van der Waals surface area contributed by atoms with E-state index in [4.69, 9.17) is 4.74 Å². The van der Waals surface area contributed by atoms with Crippen molar-refractivity contribution < 1.29 is 14.1 Å². The van der Waals surface area contributed by atoms with Gasteiger partial charge in [-0.25, -0.2) is 0 Å². The number of ether oxygens (including phenoxy) is 1. The van der Waals surface area contributed by atoms with Crippen molar-refractivity contribution in [1.82, 2.24) is 5.32 Å². The molecule has 3 atom stereocenters. The Balaban J connectivity index is 2.68. The van der Waals surface area contributed by atoms with Gasteiger partial charge in [-0.05, 0) is 39.0 Å². The van der Waals surface area contributed by atoms with Crippen LogP contribution in [-0.2, 0) is 15.5 Å². The molecule has 1 fully saturated rings. The van der Waals surface area contributed by atoms with Crippen LogP contribution in [-0.4, -0.2) is 34.8 Å². The lowest BCUT2D eigenvalue weighted by molar-refractivity contribution is 0.0954. The smallest absolute Gasteiger partial charge is 0.185 e. The SMILES string of the molecule is C/C=C(\O/C(=C\C)S(C)=O)C(O)C1CCNC1. The number of aliphatic hydroxyl groups is 1. The molecule has 3 unspecified atom stereocenters. The lowest BCUT2D eigenvalue weighted by atomic mass is 10.00. The second kappa shape index (κ2) is 6.93. The second-order valence-electron chi connectivity index (χ2n) is 4.05. The molecule has 2 N–H and O–H groups in total. The van der Waals surface area contributed by atoms with Crippen LogP contribution in [0.25, 0.3) is 0 Å². The lowest BCUT2D eigenvalue weighted by Crippen LogP contribution is -2.26. The van der Waals surface area contributed by atoms with Crippen LogP contribution in [0.4, 0.5) is 0 Å². The summed E-state index contributed by atoms with van der Waals surface area (Å²) in [5, 5.41) is 13.8. The van der Waals surface area contributed by atoms with Gasteiger partial charge in [0, 0.05) is 18.7 Å². The van der Waals surface area contributed by atoms with Crippen molar-refractivity contribution >= 4 is 10.8 Å². The van der Waals surface area contributed by atoms with Crippen LogP contribution in [0.15, 0.2) is 23.0 Å². The Bertz CT molecular complexity index is 333. The maximum absolute atomic E-state index is 11.4. The van der Waals surface area contributed by atoms with Gasteiger partial charge in [0.1, 0.15) is 11.9 Å². The van der Waals surface area contributed by atoms with Crippen molar-refractivity contribution in [3.8, 4) is 0 Å². The normalized spacial score (nSPS) is 25.8. The first-order valence-electron chi connectivity index (χ1n) is 5.82. The summed E-state index contributed by atoms with van der Waals surface area (Å²) in [7, 11) is -1.17. The van der Waals surface area contributed by atoms with Gasteiger partial charge in [0.25, 0.3) is 0 Å². The highest BCUT2D eigenvalue weighted by Gasteiger charge is 2.27. The van der Waals surface area contributed by atoms with Crippen LogP contribution in [0.3, 0.4) is 0 Å². The van der Waals surface area contributed by atoms with E-state index in [1.54, 1.807) is 25.3 Å². The van der Waals surface area contributed by atoms with E-state index in [0.29, 0.717) is 10.9 Å². The standard InChI is InChI=1S/C12H21NO3S/c1-4-10(16-11(5-2)17(3)15)12(14)9-6-7-13-8-9/h4-5,9,12-14H,6-8H2,1-3H3/b10-4-,11-5+. The van der Waals surface area contributed by atoms with E-state index in [1.807, 2.05) is 6.92 Å². The lowest BCUT2D eigenvalue weighted by Gasteiger charge is -2.21. The van der Waals surface area contributed by atoms with Gasteiger partial charge in [-0.1, -0.05) is 0 Å². The summed E-state index contributed by atoms with van der Waals surface area (Å²) >= 11 is 0. The minimum atomic E-state index is -1.17. The summed E-state index contributed by atoms with van der Waals surface area (Å²) < 4.78 is 16.9. The van der Waals surface area contributed by atoms with Gasteiger partial charge in [0.2, 0.25) is 0 Å². The first-order chi connectivity index (χ1) is 8.10. The fraction of sp³-hybridized carbons (Fsp3) is 0.667. The molecule has 0 radical (unpaired) electrons. The van der Waals surface area contributed by atoms with Crippen LogP contribution >= 0.6 is 0 Å². The van der Waals surface area contributed by atoms with Crippen molar-refractivity contribution in [3.63, 3.8) is 0 Å². The summed E-state index contributed by atoms with van der Waals surface area (Å²) in [6, 6.07) is 0. The topological polar surface area (TPSA) is 58.6 Å². The van der Waals surface area contributed by atoms with Crippen LogP contribution in [0.1, 0.15) is 20.3 Å². The van der Waals surface area contributed by atoms with E-state index >= 15 is 0 Å². The Morgan fingerprint density at radius 2 is 2.24 bits per heavy atom. The number of nitrogens with one attached hydrogen (secondary N) is 1. The van der Waals surface area contributed by atoms with E-state index < -0.39 is 16.9 Å². The minimum Gasteiger partial charge on any atom is -0.450 e. The summed E-state index contributed by atoms with van der Waals surface area (Å²) in [5.41, 5.74) is 0. The van der Waals surface area contributed by atoms with E-state index in [-0.39, 0.29) is 5.92 Å². The van der Waals surface area contributed by atoms with E-state index in [0.717, 1.165) is 19.5 Å². The molecule has 4 nitrogen and oxygen atoms in total. The zero-order valence-electron chi connectivity index (χ0n) is 10.6. The molecular weight excluding hydrogens is 238 g/mol. The third kappa shape index (κ3) is 3.94. The molecule has 0 saturated carbocycles. The molecule has 5 heteroatoms. The third-order valence-corrected chi connectivity index (χ3v) is 3.74. The summed E-state index contributed by atoms with van der Waals surface area (Å²) in [5.74, 6) is 0.659. The highest BCUT2D eigenvalue weighted by atomic mass is 32.2. The molecule has 0 bridgehead atoms. The predicted molar refractivity (Wildman–Crippen MR) is 69.6 cm³/mol. The maximum Gasteiger partial charge on any atom is 0.185 e. The largest absolute Gasteiger partial charge is 0.450 e. The first-order valence-corrected chi connectivity index (χ1v) is 7.38. The average molecular weight is 259 g/mol. The summed E-state index contributed by atoms with van der Waals surface area (Å²) in [4.78, 5) is 0. The molecule has 1 saturated heterocycles. The van der Waals surface area contributed by atoms with Crippen molar-refractivity contribution in [2.24, 2.45) is 5.92 Å². The van der Waals surface area contributed by atoms with Crippen LogP contribution in [0.2, 0.25) is 0 Å². The molecule has 1 aliphatic heterocycles. The fourth-order valence-corrected chi connectivity index (χ4v) is 2.41. The molecule has 1 aliphatic rings. The van der Waals surface area contributed by atoms with Crippen LogP contribution in [0, 0.1) is 5.92 Å². The molecule has 0 amide bonds. The van der Waals surface area contributed by atoms with Crippen molar-refractivity contribution in [2.75, 3.05) is 19.3 Å². The van der Waals surface area contributed by atoms with Gasteiger partial charge in [-0.2, -0.15) is 0 Å². The Morgan fingerprint density at radius 3 is 2.65 bits per heavy atom. The average Bonchev–Trinajstić information content (AvgIpc) is 2.82. The molecule has 1 heterocycles. The highest BCUT2D eigenvalue weighted by molar-refractivity contribution is 7.88. The van der Waals surface area contributed by atoms with Crippen molar-refractivity contribution in [1.29, 1.82) is 0 Å². The third-order valence-electron chi connectivity index (χ3n) is 2.86. The fourth-order valence-electron chi connectivity index (χ4n) is 1.87. The molecule has 17 heavy (non-hydrogen) atoms. The molecule has 1 rings (SSSR count). The molecule has 0 aromatic carbocycles. The van der Waals surface area contributed by atoms with Crippen LogP contribution in [0.5, 0.6) is 0 Å². The molecule has 0 spiro atoms. The Hall–Kier alpha value is -0.650. The Labute approximate surface area is 105 Å². The Kier molecular flexibility index (Phi) is 5.88. The quantitative estimate of drug-likeness (QED) is 0.726. The van der Waals surface area contributed by atoms with E-state index in [2.05, 4.69) is 5.32 Å². The van der Waals surface area contributed by atoms with Gasteiger partial charge in [0.15, 0.2) is 5.09 Å². The summed E-state index contributed by atoms with van der Waals surface area (Å²) in [6.45, 7) is 5.30. The van der Waals surface area contributed by atoms with Gasteiger partial charge in [-0.15, -0.1) is 0 Å². The van der Waals surface area contributed by atoms with Crippen LogP contribution < -0.4 is 5.32 Å². The summed E-state index contributed by atoms with van der Waals surface area (Å²) in [6.07, 6.45) is 5.26. The van der Waals surface area contributed by atoms with Gasteiger partial charge in [0.05, 0.1) is 10.8 Å². The maximum atomic E-state index is 11.4. The Morgan fingerprint density at radius 1 is 1.53 bits per heavy atom. The zero-order chi connectivity index (χ0) is 12.8. The molecule has 98 valence electrons. The highest BCUT2D eigenvalue weighted by Crippen LogP contribution is 2.22. The predicted octanol–water partition coefficient (Wildman–Crippen LogP) is 1.12. The number of hydrogen-bond donors (Lipinski definition) is 2. The minimum absolute atomic E-state index is 0.171. The monoisotopic (exact) mass is 259 g/mol. The van der Waals surface area contributed by atoms with Gasteiger partial charge < -0.3 is 15.2 Å². The number of allylic oxidation sites excluding steroid dienone is 2.